The molecule has 0 fully saturated rings. The van der Waals surface area contributed by atoms with E-state index in [-0.39, 0.29) is 5.91 Å². The standard InChI is InChI=1S/C21H17ClN4O3S/c1-26-19-12-9-16(29-3)15(28-2)7-10(12)6-13(19)18(25-26)20(27)24-21-23-14-5-4-11(22)8-17(14)30-21/h4-5,7-9H,6H2,1-3H3,(H,23,24,27). The summed E-state index contributed by atoms with van der Waals surface area (Å²) in [7, 11) is 5.05. The Bertz CT molecular complexity index is 1330. The lowest BCUT2D eigenvalue weighted by atomic mass is 10.1. The van der Waals surface area contributed by atoms with Gasteiger partial charge in [0.05, 0.1) is 30.1 Å². The highest BCUT2D eigenvalue weighted by molar-refractivity contribution is 7.22. The number of hydrogen-bond donors (Lipinski definition) is 1. The number of methoxy groups -OCH3 is 2. The third kappa shape index (κ3) is 2.91. The lowest BCUT2D eigenvalue weighted by Crippen LogP contribution is -2.14. The number of halogens is 1. The molecule has 0 bridgehead atoms. The van der Waals surface area contributed by atoms with Crippen molar-refractivity contribution >= 4 is 44.2 Å². The van der Waals surface area contributed by atoms with Crippen LogP contribution in [-0.2, 0) is 13.5 Å². The van der Waals surface area contributed by atoms with Crippen LogP contribution in [0.5, 0.6) is 11.5 Å². The van der Waals surface area contributed by atoms with E-state index in [9.17, 15) is 4.79 Å². The number of aromatic nitrogens is 3. The molecule has 1 aliphatic carbocycles. The van der Waals surface area contributed by atoms with Crippen molar-refractivity contribution < 1.29 is 14.3 Å². The summed E-state index contributed by atoms with van der Waals surface area (Å²) >= 11 is 7.42. The van der Waals surface area contributed by atoms with Gasteiger partial charge in [0.15, 0.2) is 22.3 Å². The number of nitrogens with one attached hydrogen (secondary N) is 1. The summed E-state index contributed by atoms with van der Waals surface area (Å²) in [5, 5.41) is 8.51. The topological polar surface area (TPSA) is 78.3 Å². The number of ether oxygens (including phenoxy) is 2. The van der Waals surface area contributed by atoms with E-state index in [4.69, 9.17) is 21.1 Å². The quantitative estimate of drug-likeness (QED) is 0.444. The number of anilines is 1. The molecule has 1 N–H and O–H groups in total. The normalized spacial score (nSPS) is 12.0. The van der Waals surface area contributed by atoms with Crippen LogP contribution in [-0.4, -0.2) is 34.9 Å². The van der Waals surface area contributed by atoms with Crippen LogP contribution in [0.1, 0.15) is 21.6 Å². The van der Waals surface area contributed by atoms with E-state index < -0.39 is 0 Å². The van der Waals surface area contributed by atoms with Crippen molar-refractivity contribution in [2.24, 2.45) is 7.05 Å². The van der Waals surface area contributed by atoms with Crippen LogP contribution in [0.2, 0.25) is 5.02 Å². The fraction of sp³-hybridized carbons (Fsp3) is 0.190. The summed E-state index contributed by atoms with van der Waals surface area (Å²) in [6, 6.07) is 9.33. The fourth-order valence-corrected chi connectivity index (χ4v) is 4.98. The molecular formula is C21H17ClN4O3S. The number of benzene rings is 2. The average Bonchev–Trinajstić information content (AvgIpc) is 3.38. The van der Waals surface area contributed by atoms with Crippen LogP contribution in [0.15, 0.2) is 30.3 Å². The molecule has 30 heavy (non-hydrogen) atoms. The van der Waals surface area contributed by atoms with Crippen molar-refractivity contribution in [3.8, 4) is 22.8 Å². The molecule has 4 aromatic rings. The molecule has 1 aliphatic rings. The second-order valence-electron chi connectivity index (χ2n) is 6.93. The van der Waals surface area contributed by atoms with Crippen LogP contribution in [0.3, 0.4) is 0 Å². The van der Waals surface area contributed by atoms with Gasteiger partial charge in [0.25, 0.3) is 5.91 Å². The number of amides is 1. The van der Waals surface area contributed by atoms with E-state index in [2.05, 4.69) is 15.4 Å². The zero-order valence-electron chi connectivity index (χ0n) is 16.4. The van der Waals surface area contributed by atoms with Crippen molar-refractivity contribution in [1.29, 1.82) is 0 Å². The van der Waals surface area contributed by atoms with Crippen LogP contribution in [0.4, 0.5) is 5.13 Å². The lowest BCUT2D eigenvalue weighted by molar-refractivity contribution is 0.102. The van der Waals surface area contributed by atoms with Crippen molar-refractivity contribution in [3.63, 3.8) is 0 Å². The number of hydrogen-bond acceptors (Lipinski definition) is 6. The number of rotatable bonds is 4. The largest absolute Gasteiger partial charge is 0.493 e. The molecule has 7 nitrogen and oxygen atoms in total. The Morgan fingerprint density at radius 1 is 1.20 bits per heavy atom. The fourth-order valence-electron chi connectivity index (χ4n) is 3.84. The van der Waals surface area contributed by atoms with Crippen molar-refractivity contribution in [3.05, 3.63) is 52.2 Å². The zero-order chi connectivity index (χ0) is 21.0. The molecule has 9 heteroatoms. The smallest absolute Gasteiger partial charge is 0.278 e. The first-order chi connectivity index (χ1) is 14.5. The predicted octanol–water partition coefficient (Wildman–Crippen LogP) is 4.52. The average molecular weight is 441 g/mol. The Hall–Kier alpha value is -3.10. The number of carbonyl (C=O) groups is 1. The minimum atomic E-state index is -0.288. The van der Waals surface area contributed by atoms with Crippen LogP contribution in [0, 0.1) is 0 Å². The summed E-state index contributed by atoms with van der Waals surface area (Å²) in [4.78, 5) is 17.5. The van der Waals surface area contributed by atoms with Gasteiger partial charge in [-0.1, -0.05) is 22.9 Å². The van der Waals surface area contributed by atoms with E-state index in [1.807, 2.05) is 31.3 Å². The molecule has 0 radical (unpaired) electrons. The van der Waals surface area contributed by atoms with Crippen molar-refractivity contribution in [2.75, 3.05) is 19.5 Å². The van der Waals surface area contributed by atoms with Crippen LogP contribution in [0.25, 0.3) is 21.5 Å². The molecule has 0 spiro atoms. The minimum Gasteiger partial charge on any atom is -0.493 e. The van der Waals surface area contributed by atoms with Crippen molar-refractivity contribution in [1.82, 2.24) is 14.8 Å². The van der Waals surface area contributed by atoms with Gasteiger partial charge in [-0.2, -0.15) is 5.10 Å². The number of fused-ring (bicyclic) bond motifs is 4. The molecule has 2 aromatic carbocycles. The van der Waals surface area contributed by atoms with Crippen LogP contribution >= 0.6 is 22.9 Å². The van der Waals surface area contributed by atoms with E-state index in [0.29, 0.717) is 33.8 Å². The first kappa shape index (κ1) is 18.9. The van der Waals surface area contributed by atoms with Crippen LogP contribution < -0.4 is 14.8 Å². The van der Waals surface area contributed by atoms with Gasteiger partial charge in [0, 0.05) is 29.6 Å². The second-order valence-corrected chi connectivity index (χ2v) is 8.39. The van der Waals surface area contributed by atoms with Gasteiger partial charge in [-0.05, 0) is 35.9 Å². The Kier molecular flexibility index (Phi) is 4.41. The monoisotopic (exact) mass is 440 g/mol. The summed E-state index contributed by atoms with van der Waals surface area (Å²) in [6.45, 7) is 0. The van der Waals surface area contributed by atoms with Gasteiger partial charge in [-0.3, -0.25) is 14.8 Å². The van der Waals surface area contributed by atoms with E-state index in [0.717, 1.165) is 32.6 Å². The number of carbonyl (C=O) groups excluding carboxylic acids is 1. The highest BCUT2D eigenvalue weighted by Crippen LogP contribution is 2.43. The molecule has 5 rings (SSSR count). The minimum absolute atomic E-state index is 0.288. The summed E-state index contributed by atoms with van der Waals surface area (Å²) < 4.78 is 13.5. The van der Waals surface area contributed by atoms with Gasteiger partial charge in [0.2, 0.25) is 0 Å². The summed E-state index contributed by atoms with van der Waals surface area (Å²) in [5.74, 6) is 1.02. The highest BCUT2D eigenvalue weighted by Gasteiger charge is 2.31. The van der Waals surface area contributed by atoms with Gasteiger partial charge in [-0.15, -0.1) is 0 Å². The zero-order valence-corrected chi connectivity index (χ0v) is 18.0. The number of aryl methyl sites for hydroxylation is 1. The van der Waals surface area contributed by atoms with E-state index in [1.165, 1.54) is 11.3 Å². The number of thiazole rings is 1. The lowest BCUT2D eigenvalue weighted by Gasteiger charge is -2.11. The molecule has 2 aromatic heterocycles. The maximum Gasteiger partial charge on any atom is 0.278 e. The highest BCUT2D eigenvalue weighted by atomic mass is 35.5. The first-order valence-corrected chi connectivity index (χ1v) is 10.4. The molecule has 0 saturated carbocycles. The van der Waals surface area contributed by atoms with Crippen molar-refractivity contribution in [2.45, 2.75) is 6.42 Å². The molecule has 1 amide bonds. The first-order valence-electron chi connectivity index (χ1n) is 9.17. The molecule has 152 valence electrons. The third-order valence-electron chi connectivity index (χ3n) is 5.16. The maximum atomic E-state index is 13.0. The Balaban J connectivity index is 1.50. The van der Waals surface area contributed by atoms with E-state index in [1.54, 1.807) is 25.0 Å². The number of nitrogens with zero attached hydrogens (tertiary/aromatic N) is 3. The molecule has 0 unspecified atom stereocenters. The Labute approximate surface area is 181 Å². The summed E-state index contributed by atoms with van der Waals surface area (Å²) in [5.41, 5.74) is 5.03. The molecule has 0 atom stereocenters. The second kappa shape index (κ2) is 7.00. The Morgan fingerprint density at radius 3 is 2.73 bits per heavy atom. The molecule has 2 heterocycles. The van der Waals surface area contributed by atoms with Gasteiger partial charge < -0.3 is 9.47 Å². The molecule has 0 aliphatic heterocycles. The molecule has 0 saturated heterocycles. The maximum absolute atomic E-state index is 13.0. The SMILES string of the molecule is COc1cc2c(cc1OC)-c1c(c(C(=O)Nc3nc4ccc(Cl)cc4s3)nn1C)C2. The van der Waals surface area contributed by atoms with E-state index >= 15 is 0 Å². The Morgan fingerprint density at radius 2 is 1.97 bits per heavy atom. The van der Waals surface area contributed by atoms with Gasteiger partial charge >= 0.3 is 0 Å². The van der Waals surface area contributed by atoms with Gasteiger partial charge in [-0.25, -0.2) is 4.98 Å². The third-order valence-corrected chi connectivity index (χ3v) is 6.33. The van der Waals surface area contributed by atoms with Gasteiger partial charge in [0.1, 0.15) is 0 Å². The predicted molar refractivity (Wildman–Crippen MR) is 117 cm³/mol. The summed E-state index contributed by atoms with van der Waals surface area (Å²) in [6.07, 6.45) is 0.594. The molecular weight excluding hydrogens is 424 g/mol.